The number of nitrogens with zero attached hydrogens (tertiary/aromatic N) is 5. The minimum absolute atomic E-state index is 0.118. The first kappa shape index (κ1) is 15.8. The maximum atomic E-state index is 12.3. The lowest BCUT2D eigenvalue weighted by atomic mass is 10.2. The van der Waals surface area contributed by atoms with Crippen molar-refractivity contribution in [3.8, 4) is 11.4 Å². The molecule has 3 rings (SSSR count). The van der Waals surface area contributed by atoms with Crippen molar-refractivity contribution in [1.82, 2.24) is 24.7 Å². The highest BCUT2D eigenvalue weighted by Crippen LogP contribution is 2.21. The highest BCUT2D eigenvalue weighted by atomic mass is 32.2. The normalized spacial score (nSPS) is 15.8. The molecule has 1 saturated heterocycles. The fourth-order valence-electron chi connectivity index (χ4n) is 2.43. The summed E-state index contributed by atoms with van der Waals surface area (Å²) in [5.41, 5.74) is 0.903. The smallest absolute Gasteiger partial charge is 0.233 e. The van der Waals surface area contributed by atoms with Gasteiger partial charge in [-0.25, -0.2) is 4.68 Å². The summed E-state index contributed by atoms with van der Waals surface area (Å²) in [6, 6.07) is 9.64. The number of hydrogen-bond acceptors (Lipinski definition) is 6. The van der Waals surface area contributed by atoms with E-state index >= 15 is 0 Å². The standard InChI is InChI=1S/C15H20N6OS/c1-19-7-9-20(10-8-19)13(22)11-23-15-18-17-14(21(15)16)12-5-3-2-4-6-12/h2-6H,7-11,16H2,1H3. The van der Waals surface area contributed by atoms with Crippen LogP contribution >= 0.6 is 11.8 Å². The van der Waals surface area contributed by atoms with E-state index < -0.39 is 0 Å². The van der Waals surface area contributed by atoms with Gasteiger partial charge in [-0.05, 0) is 7.05 Å². The van der Waals surface area contributed by atoms with E-state index in [2.05, 4.69) is 22.1 Å². The van der Waals surface area contributed by atoms with Crippen LogP contribution < -0.4 is 5.84 Å². The van der Waals surface area contributed by atoms with Crippen molar-refractivity contribution in [1.29, 1.82) is 0 Å². The Kier molecular flexibility index (Phi) is 4.82. The molecule has 1 aliphatic heterocycles. The van der Waals surface area contributed by atoms with Crippen molar-refractivity contribution in [3.05, 3.63) is 30.3 Å². The summed E-state index contributed by atoms with van der Waals surface area (Å²) in [7, 11) is 2.07. The van der Waals surface area contributed by atoms with E-state index in [0.717, 1.165) is 31.7 Å². The van der Waals surface area contributed by atoms with E-state index in [0.29, 0.717) is 16.7 Å². The Morgan fingerprint density at radius 3 is 2.57 bits per heavy atom. The van der Waals surface area contributed by atoms with Crippen LogP contribution in [0.5, 0.6) is 0 Å². The Morgan fingerprint density at radius 2 is 1.87 bits per heavy atom. The van der Waals surface area contributed by atoms with Gasteiger partial charge >= 0.3 is 0 Å². The number of rotatable bonds is 4. The van der Waals surface area contributed by atoms with Crippen LogP contribution in [0, 0.1) is 0 Å². The van der Waals surface area contributed by atoms with Crippen molar-refractivity contribution >= 4 is 17.7 Å². The molecule has 1 aliphatic rings. The maximum absolute atomic E-state index is 12.3. The summed E-state index contributed by atoms with van der Waals surface area (Å²) in [6.07, 6.45) is 0. The van der Waals surface area contributed by atoms with Crippen molar-refractivity contribution in [2.24, 2.45) is 0 Å². The fourth-order valence-corrected chi connectivity index (χ4v) is 3.19. The Balaban J connectivity index is 1.61. The van der Waals surface area contributed by atoms with Crippen molar-refractivity contribution < 1.29 is 4.79 Å². The molecule has 1 fully saturated rings. The minimum Gasteiger partial charge on any atom is -0.339 e. The molecule has 0 aliphatic carbocycles. The second-order valence-electron chi connectivity index (χ2n) is 5.51. The lowest BCUT2D eigenvalue weighted by Crippen LogP contribution is -2.47. The number of likely N-dealkylation sites (N-methyl/N-ethyl adjacent to an activating group) is 1. The van der Waals surface area contributed by atoms with E-state index in [-0.39, 0.29) is 5.91 Å². The summed E-state index contributed by atoms with van der Waals surface area (Å²) in [5.74, 6) is 7.10. The molecule has 23 heavy (non-hydrogen) atoms. The molecule has 1 aromatic heterocycles. The third-order valence-electron chi connectivity index (χ3n) is 3.88. The molecule has 2 N–H and O–H groups in total. The van der Waals surface area contributed by atoms with E-state index in [1.807, 2.05) is 35.2 Å². The quantitative estimate of drug-likeness (QED) is 0.650. The van der Waals surface area contributed by atoms with Crippen LogP contribution in [0.3, 0.4) is 0 Å². The monoisotopic (exact) mass is 332 g/mol. The first-order chi connectivity index (χ1) is 11.1. The number of hydrogen-bond donors (Lipinski definition) is 1. The van der Waals surface area contributed by atoms with Gasteiger partial charge in [-0.3, -0.25) is 4.79 Å². The average molecular weight is 332 g/mol. The highest BCUT2D eigenvalue weighted by molar-refractivity contribution is 7.99. The molecular formula is C15H20N6OS. The zero-order chi connectivity index (χ0) is 16.2. The summed E-state index contributed by atoms with van der Waals surface area (Å²) in [6.45, 7) is 3.39. The SMILES string of the molecule is CN1CCN(C(=O)CSc2nnc(-c3ccccc3)n2N)CC1. The van der Waals surface area contributed by atoms with Crippen molar-refractivity contribution in [2.75, 3.05) is 44.8 Å². The van der Waals surface area contributed by atoms with Gasteiger partial charge in [-0.15, -0.1) is 10.2 Å². The number of benzene rings is 1. The number of carbonyl (C=O) groups excluding carboxylic acids is 1. The Morgan fingerprint density at radius 1 is 1.17 bits per heavy atom. The average Bonchev–Trinajstić information content (AvgIpc) is 2.95. The van der Waals surface area contributed by atoms with Crippen LogP contribution in [0.4, 0.5) is 0 Å². The molecule has 2 aromatic rings. The maximum Gasteiger partial charge on any atom is 0.233 e. The summed E-state index contributed by atoms with van der Waals surface area (Å²) in [5, 5.41) is 8.76. The topological polar surface area (TPSA) is 80.3 Å². The summed E-state index contributed by atoms with van der Waals surface area (Å²) in [4.78, 5) is 16.4. The molecule has 1 amide bonds. The van der Waals surface area contributed by atoms with E-state index in [4.69, 9.17) is 5.84 Å². The third-order valence-corrected chi connectivity index (χ3v) is 4.81. The summed E-state index contributed by atoms with van der Waals surface area (Å²) >= 11 is 1.32. The zero-order valence-electron chi connectivity index (χ0n) is 13.1. The lowest BCUT2D eigenvalue weighted by molar-refractivity contribution is -0.129. The predicted octanol–water partition coefficient (Wildman–Crippen LogP) is 0.525. The van der Waals surface area contributed by atoms with Crippen LogP contribution in [-0.4, -0.2) is 69.6 Å². The number of thioether (sulfide) groups is 1. The second-order valence-corrected chi connectivity index (χ2v) is 6.46. The molecule has 1 aromatic carbocycles. The lowest BCUT2D eigenvalue weighted by Gasteiger charge is -2.32. The van der Waals surface area contributed by atoms with Gasteiger partial charge in [0.25, 0.3) is 0 Å². The van der Waals surface area contributed by atoms with Gasteiger partial charge in [0.05, 0.1) is 5.75 Å². The van der Waals surface area contributed by atoms with Gasteiger partial charge in [0.15, 0.2) is 5.82 Å². The molecule has 0 bridgehead atoms. The first-order valence-electron chi connectivity index (χ1n) is 7.50. The molecule has 8 heteroatoms. The number of carbonyl (C=O) groups is 1. The third kappa shape index (κ3) is 3.65. The first-order valence-corrected chi connectivity index (χ1v) is 8.49. The van der Waals surface area contributed by atoms with Crippen molar-refractivity contribution in [3.63, 3.8) is 0 Å². The van der Waals surface area contributed by atoms with Crippen molar-refractivity contribution in [2.45, 2.75) is 5.16 Å². The molecular weight excluding hydrogens is 312 g/mol. The van der Waals surface area contributed by atoms with Crippen LogP contribution in [0.25, 0.3) is 11.4 Å². The van der Waals surface area contributed by atoms with Crippen LogP contribution in [0.1, 0.15) is 0 Å². The fraction of sp³-hybridized carbons (Fsp3) is 0.400. The van der Waals surface area contributed by atoms with Gasteiger partial charge in [0, 0.05) is 31.7 Å². The molecule has 0 saturated carbocycles. The molecule has 0 atom stereocenters. The van der Waals surface area contributed by atoms with Gasteiger partial charge in [0.1, 0.15) is 0 Å². The molecule has 0 spiro atoms. The second kappa shape index (κ2) is 7.01. The van der Waals surface area contributed by atoms with E-state index in [1.165, 1.54) is 16.4 Å². The summed E-state index contributed by atoms with van der Waals surface area (Å²) < 4.78 is 1.44. The van der Waals surface area contributed by atoms with Gasteiger partial charge in [-0.1, -0.05) is 42.1 Å². The van der Waals surface area contributed by atoms with E-state index in [1.54, 1.807) is 0 Å². The molecule has 0 radical (unpaired) electrons. The van der Waals surface area contributed by atoms with Gasteiger partial charge in [0.2, 0.25) is 11.1 Å². The van der Waals surface area contributed by atoms with Gasteiger partial charge < -0.3 is 15.6 Å². The molecule has 122 valence electrons. The molecule has 2 heterocycles. The Hall–Kier alpha value is -2.06. The largest absolute Gasteiger partial charge is 0.339 e. The minimum atomic E-state index is 0.118. The molecule has 7 nitrogen and oxygen atoms in total. The highest BCUT2D eigenvalue weighted by Gasteiger charge is 2.20. The number of amides is 1. The van der Waals surface area contributed by atoms with Crippen LogP contribution in [0.2, 0.25) is 0 Å². The predicted molar refractivity (Wildman–Crippen MR) is 90.4 cm³/mol. The Labute approximate surface area is 139 Å². The Bertz CT molecular complexity index is 666. The zero-order valence-corrected chi connectivity index (χ0v) is 13.9. The molecule has 0 unspecified atom stereocenters. The number of nitrogen functional groups attached to an aromatic ring is 1. The van der Waals surface area contributed by atoms with Gasteiger partial charge in [-0.2, -0.15) is 0 Å². The number of nitrogens with two attached hydrogens (primary N) is 1. The number of piperazine rings is 1. The van der Waals surface area contributed by atoms with Crippen LogP contribution in [0.15, 0.2) is 35.5 Å². The number of aromatic nitrogens is 3. The van der Waals surface area contributed by atoms with Crippen LogP contribution in [-0.2, 0) is 4.79 Å². The van der Waals surface area contributed by atoms with E-state index in [9.17, 15) is 4.79 Å².